The van der Waals surface area contributed by atoms with Crippen molar-refractivity contribution in [2.75, 3.05) is 13.1 Å². The number of oxime groups is 1. The van der Waals surface area contributed by atoms with Crippen LogP contribution in [0.2, 0.25) is 0 Å². The molecule has 1 fully saturated rings. The van der Waals surface area contributed by atoms with Gasteiger partial charge < -0.3 is 10.9 Å². The number of aromatic nitrogens is 1. The van der Waals surface area contributed by atoms with E-state index in [4.69, 9.17) is 10.9 Å². The van der Waals surface area contributed by atoms with Gasteiger partial charge >= 0.3 is 0 Å². The number of rotatable bonds is 3. The van der Waals surface area contributed by atoms with Crippen LogP contribution in [0.15, 0.2) is 23.5 Å². The third-order valence-corrected chi connectivity index (χ3v) is 2.80. The second-order valence-corrected chi connectivity index (χ2v) is 4.02. The fourth-order valence-corrected chi connectivity index (χ4v) is 1.96. The zero-order valence-electron chi connectivity index (χ0n) is 9.13. The lowest BCUT2D eigenvalue weighted by Crippen LogP contribution is -2.20. The van der Waals surface area contributed by atoms with E-state index in [1.165, 1.54) is 12.8 Å². The van der Waals surface area contributed by atoms with E-state index in [9.17, 15) is 0 Å². The summed E-state index contributed by atoms with van der Waals surface area (Å²) in [6.45, 7) is 3.22. The molecule has 0 spiro atoms. The Bertz CT molecular complexity index is 385. The van der Waals surface area contributed by atoms with Gasteiger partial charge in [-0.1, -0.05) is 5.16 Å². The molecule has 1 aliphatic rings. The van der Waals surface area contributed by atoms with E-state index in [1.807, 2.05) is 12.1 Å². The third-order valence-electron chi connectivity index (χ3n) is 2.80. The average molecular weight is 220 g/mol. The summed E-state index contributed by atoms with van der Waals surface area (Å²) in [5.41, 5.74) is 7.17. The van der Waals surface area contributed by atoms with Crippen molar-refractivity contribution in [3.05, 3.63) is 29.6 Å². The quantitative estimate of drug-likeness (QED) is 0.341. The fourth-order valence-electron chi connectivity index (χ4n) is 1.96. The first-order chi connectivity index (χ1) is 7.79. The second-order valence-electron chi connectivity index (χ2n) is 4.02. The van der Waals surface area contributed by atoms with Crippen molar-refractivity contribution in [1.29, 1.82) is 0 Å². The monoisotopic (exact) mass is 220 g/mol. The predicted molar refractivity (Wildman–Crippen MR) is 61.3 cm³/mol. The van der Waals surface area contributed by atoms with Crippen LogP contribution in [0.25, 0.3) is 0 Å². The first kappa shape index (κ1) is 10.9. The Hall–Kier alpha value is -1.62. The van der Waals surface area contributed by atoms with Gasteiger partial charge in [-0.05, 0) is 43.6 Å². The summed E-state index contributed by atoms with van der Waals surface area (Å²) in [5, 5.41) is 11.5. The van der Waals surface area contributed by atoms with Gasteiger partial charge in [-0.3, -0.25) is 9.88 Å². The summed E-state index contributed by atoms with van der Waals surface area (Å²) in [6, 6.07) is 3.83. The summed E-state index contributed by atoms with van der Waals surface area (Å²) in [5.74, 6) is 0.0586. The number of pyridine rings is 1. The molecule has 16 heavy (non-hydrogen) atoms. The van der Waals surface area contributed by atoms with Crippen LogP contribution >= 0.6 is 0 Å². The van der Waals surface area contributed by atoms with Crippen LogP contribution in [0.3, 0.4) is 0 Å². The number of likely N-dealkylation sites (tertiary alicyclic amines) is 1. The zero-order valence-corrected chi connectivity index (χ0v) is 9.13. The van der Waals surface area contributed by atoms with E-state index >= 15 is 0 Å². The van der Waals surface area contributed by atoms with E-state index in [1.54, 1.807) is 6.20 Å². The highest BCUT2D eigenvalue weighted by atomic mass is 16.4. The zero-order chi connectivity index (χ0) is 11.4. The highest BCUT2D eigenvalue weighted by molar-refractivity contribution is 5.95. The summed E-state index contributed by atoms with van der Waals surface area (Å²) in [4.78, 5) is 6.44. The van der Waals surface area contributed by atoms with Crippen LogP contribution in [0.4, 0.5) is 0 Å². The van der Waals surface area contributed by atoms with Crippen LogP contribution in [0, 0.1) is 0 Å². The number of nitrogens with zero attached hydrogens (tertiary/aromatic N) is 3. The first-order valence-corrected chi connectivity index (χ1v) is 5.45. The molecule has 0 saturated carbocycles. The van der Waals surface area contributed by atoms with Gasteiger partial charge in [0.2, 0.25) is 0 Å². The van der Waals surface area contributed by atoms with Gasteiger partial charge in [0, 0.05) is 12.7 Å². The minimum absolute atomic E-state index is 0.0586. The van der Waals surface area contributed by atoms with Gasteiger partial charge in [0.1, 0.15) is 5.69 Å². The van der Waals surface area contributed by atoms with Crippen LogP contribution in [-0.4, -0.2) is 34.0 Å². The molecule has 1 aromatic rings. The van der Waals surface area contributed by atoms with E-state index in [-0.39, 0.29) is 5.84 Å². The van der Waals surface area contributed by atoms with Crippen molar-refractivity contribution in [2.24, 2.45) is 10.9 Å². The summed E-state index contributed by atoms with van der Waals surface area (Å²) in [6.07, 6.45) is 4.25. The molecule has 0 aromatic carbocycles. The molecule has 1 saturated heterocycles. The Morgan fingerprint density at radius 3 is 2.94 bits per heavy atom. The highest BCUT2D eigenvalue weighted by Gasteiger charge is 2.12. The standard InChI is InChI=1S/C11H16N4O/c12-11(14-16)10-7-9(3-4-13-10)8-15-5-1-2-6-15/h3-4,7,16H,1-2,5-6,8H2,(H2,12,14). The number of hydrogen-bond donors (Lipinski definition) is 2. The largest absolute Gasteiger partial charge is 0.409 e. The SMILES string of the molecule is NC(=NO)c1cc(CN2CCCC2)ccn1. The molecule has 0 bridgehead atoms. The molecule has 0 aliphatic carbocycles. The van der Waals surface area contributed by atoms with Gasteiger partial charge in [-0.15, -0.1) is 0 Å². The van der Waals surface area contributed by atoms with Gasteiger partial charge in [-0.2, -0.15) is 0 Å². The normalized spacial score (nSPS) is 17.9. The van der Waals surface area contributed by atoms with Crippen molar-refractivity contribution in [3.63, 3.8) is 0 Å². The Labute approximate surface area is 94.6 Å². The molecule has 2 heterocycles. The minimum Gasteiger partial charge on any atom is -0.409 e. The van der Waals surface area contributed by atoms with Crippen LogP contribution < -0.4 is 5.73 Å². The molecule has 0 amide bonds. The summed E-state index contributed by atoms with van der Waals surface area (Å²) in [7, 11) is 0. The lowest BCUT2D eigenvalue weighted by Gasteiger charge is -2.14. The van der Waals surface area contributed by atoms with Crippen LogP contribution in [0.5, 0.6) is 0 Å². The average Bonchev–Trinajstić information content (AvgIpc) is 2.81. The van der Waals surface area contributed by atoms with E-state index < -0.39 is 0 Å². The Kier molecular flexibility index (Phi) is 3.36. The van der Waals surface area contributed by atoms with E-state index in [0.29, 0.717) is 5.69 Å². The Balaban J connectivity index is 2.09. The number of nitrogens with two attached hydrogens (primary N) is 1. The third kappa shape index (κ3) is 2.49. The predicted octanol–water partition coefficient (Wildman–Crippen LogP) is 0.772. The summed E-state index contributed by atoms with van der Waals surface area (Å²) >= 11 is 0. The molecule has 1 aliphatic heterocycles. The molecule has 2 rings (SSSR count). The van der Waals surface area contributed by atoms with Crippen LogP contribution in [0.1, 0.15) is 24.1 Å². The highest BCUT2D eigenvalue weighted by Crippen LogP contribution is 2.12. The van der Waals surface area contributed by atoms with Crippen molar-refractivity contribution >= 4 is 5.84 Å². The molecular weight excluding hydrogens is 204 g/mol. The molecule has 1 aromatic heterocycles. The van der Waals surface area contributed by atoms with E-state index in [2.05, 4.69) is 15.0 Å². The van der Waals surface area contributed by atoms with E-state index in [0.717, 1.165) is 25.2 Å². The minimum atomic E-state index is 0.0586. The second kappa shape index (κ2) is 4.94. The molecule has 3 N–H and O–H groups in total. The lowest BCUT2D eigenvalue weighted by atomic mass is 10.2. The lowest BCUT2D eigenvalue weighted by molar-refractivity contribution is 0.318. The molecule has 86 valence electrons. The van der Waals surface area contributed by atoms with Gasteiger partial charge in [-0.25, -0.2) is 0 Å². The maximum absolute atomic E-state index is 8.58. The van der Waals surface area contributed by atoms with Crippen molar-refractivity contribution < 1.29 is 5.21 Å². The molecule has 0 atom stereocenters. The topological polar surface area (TPSA) is 74.7 Å². The van der Waals surface area contributed by atoms with Gasteiger partial charge in [0.15, 0.2) is 5.84 Å². The van der Waals surface area contributed by atoms with Crippen LogP contribution in [-0.2, 0) is 6.54 Å². The smallest absolute Gasteiger partial charge is 0.188 e. The number of hydrogen-bond acceptors (Lipinski definition) is 4. The van der Waals surface area contributed by atoms with Gasteiger partial charge in [0.05, 0.1) is 0 Å². The molecule has 0 radical (unpaired) electrons. The van der Waals surface area contributed by atoms with Gasteiger partial charge in [0.25, 0.3) is 0 Å². The number of amidine groups is 1. The molecular formula is C11H16N4O. The molecule has 0 unspecified atom stereocenters. The van der Waals surface area contributed by atoms with Crippen molar-refractivity contribution in [1.82, 2.24) is 9.88 Å². The molecule has 5 nitrogen and oxygen atoms in total. The molecule has 5 heteroatoms. The maximum atomic E-state index is 8.58. The Morgan fingerprint density at radius 1 is 1.50 bits per heavy atom. The first-order valence-electron chi connectivity index (χ1n) is 5.45. The Morgan fingerprint density at radius 2 is 2.25 bits per heavy atom. The fraction of sp³-hybridized carbons (Fsp3) is 0.455. The van der Waals surface area contributed by atoms with Crippen molar-refractivity contribution in [2.45, 2.75) is 19.4 Å². The van der Waals surface area contributed by atoms with Crippen molar-refractivity contribution in [3.8, 4) is 0 Å². The summed E-state index contributed by atoms with van der Waals surface area (Å²) < 4.78 is 0. The maximum Gasteiger partial charge on any atom is 0.188 e.